The van der Waals surface area contributed by atoms with Crippen LogP contribution in [0.1, 0.15) is 36.9 Å². The fraction of sp³-hybridized carbons (Fsp3) is 0.600. The lowest BCUT2D eigenvalue weighted by atomic mass is 10.0. The second-order valence-electron chi connectivity index (χ2n) is 5.52. The van der Waals surface area contributed by atoms with Crippen molar-refractivity contribution >= 4 is 0 Å². The van der Waals surface area contributed by atoms with Crippen LogP contribution < -0.4 is 11.1 Å². The van der Waals surface area contributed by atoms with Crippen molar-refractivity contribution in [3.8, 4) is 0 Å². The number of aryl methyl sites for hydroxylation is 1. The molecule has 0 spiro atoms. The molecule has 1 aliphatic rings. The van der Waals surface area contributed by atoms with Gasteiger partial charge in [-0.1, -0.05) is 19.1 Å². The zero-order chi connectivity index (χ0) is 13.1. The lowest BCUT2D eigenvalue weighted by molar-refractivity contribution is 0.422. The van der Waals surface area contributed by atoms with Crippen molar-refractivity contribution < 1.29 is 4.39 Å². The van der Waals surface area contributed by atoms with Gasteiger partial charge in [0, 0.05) is 12.6 Å². The smallest absolute Gasteiger partial charge is 0.126 e. The molecule has 1 saturated carbocycles. The molecule has 3 N–H and O–H groups in total. The summed E-state index contributed by atoms with van der Waals surface area (Å²) in [6.45, 7) is 5.61. The standard InChI is InChI=1S/C15H23FN2/c1-10-7-13(5-6-14(10)16)15(8-17)18-9-11(2)12-3-4-12/h5-7,11-12,15,18H,3-4,8-9,17H2,1-2H3. The number of halogens is 1. The molecule has 0 aromatic heterocycles. The minimum absolute atomic E-state index is 0.130. The van der Waals surface area contributed by atoms with E-state index < -0.39 is 0 Å². The Bertz CT molecular complexity index is 401. The molecule has 0 saturated heterocycles. The van der Waals surface area contributed by atoms with E-state index in [9.17, 15) is 4.39 Å². The van der Waals surface area contributed by atoms with E-state index in [1.54, 1.807) is 6.92 Å². The van der Waals surface area contributed by atoms with Crippen molar-refractivity contribution in [1.82, 2.24) is 5.32 Å². The molecule has 0 aliphatic heterocycles. The van der Waals surface area contributed by atoms with E-state index in [1.165, 1.54) is 18.9 Å². The van der Waals surface area contributed by atoms with Gasteiger partial charge in [-0.05, 0) is 55.3 Å². The summed E-state index contributed by atoms with van der Waals surface area (Å²) in [6, 6.07) is 5.38. The molecule has 0 heterocycles. The van der Waals surface area contributed by atoms with Crippen LogP contribution in [0.5, 0.6) is 0 Å². The van der Waals surface area contributed by atoms with Gasteiger partial charge in [-0.2, -0.15) is 0 Å². The molecule has 3 heteroatoms. The normalized spacial score (nSPS) is 18.7. The van der Waals surface area contributed by atoms with Crippen molar-refractivity contribution in [2.45, 2.75) is 32.7 Å². The monoisotopic (exact) mass is 250 g/mol. The highest BCUT2D eigenvalue weighted by Crippen LogP contribution is 2.36. The maximum Gasteiger partial charge on any atom is 0.126 e. The summed E-state index contributed by atoms with van der Waals surface area (Å²) in [5, 5.41) is 3.51. The summed E-state index contributed by atoms with van der Waals surface area (Å²) < 4.78 is 13.2. The van der Waals surface area contributed by atoms with Crippen LogP contribution in [0.3, 0.4) is 0 Å². The van der Waals surface area contributed by atoms with Gasteiger partial charge in [-0.3, -0.25) is 0 Å². The summed E-state index contributed by atoms with van der Waals surface area (Å²) >= 11 is 0. The molecule has 100 valence electrons. The van der Waals surface area contributed by atoms with Crippen LogP contribution in [0.25, 0.3) is 0 Å². The largest absolute Gasteiger partial charge is 0.329 e. The number of hydrogen-bond acceptors (Lipinski definition) is 2. The molecule has 2 rings (SSSR count). The summed E-state index contributed by atoms with van der Waals surface area (Å²) in [6.07, 6.45) is 2.73. The SMILES string of the molecule is Cc1cc(C(CN)NCC(C)C2CC2)ccc1F. The molecule has 0 amide bonds. The fourth-order valence-electron chi connectivity index (χ4n) is 2.38. The summed E-state index contributed by atoms with van der Waals surface area (Å²) in [5.41, 5.74) is 7.58. The van der Waals surface area contributed by atoms with E-state index in [4.69, 9.17) is 5.73 Å². The maximum absolute atomic E-state index is 13.2. The van der Waals surface area contributed by atoms with Crippen LogP contribution >= 0.6 is 0 Å². The first kappa shape index (κ1) is 13.5. The first-order chi connectivity index (χ1) is 8.61. The van der Waals surface area contributed by atoms with Crippen LogP contribution in [0.4, 0.5) is 4.39 Å². The Labute approximate surface area is 109 Å². The van der Waals surface area contributed by atoms with Crippen LogP contribution in [-0.2, 0) is 0 Å². The van der Waals surface area contributed by atoms with E-state index in [1.807, 2.05) is 12.1 Å². The van der Waals surface area contributed by atoms with Crippen molar-refractivity contribution in [2.24, 2.45) is 17.6 Å². The zero-order valence-electron chi connectivity index (χ0n) is 11.2. The second-order valence-corrected chi connectivity index (χ2v) is 5.52. The van der Waals surface area contributed by atoms with E-state index in [2.05, 4.69) is 12.2 Å². The van der Waals surface area contributed by atoms with Gasteiger partial charge >= 0.3 is 0 Å². The number of hydrogen-bond donors (Lipinski definition) is 2. The quantitative estimate of drug-likeness (QED) is 0.814. The Kier molecular flexibility index (Phi) is 4.36. The van der Waals surface area contributed by atoms with Gasteiger partial charge in [0.05, 0.1) is 0 Å². The Morgan fingerprint density at radius 2 is 2.17 bits per heavy atom. The van der Waals surface area contributed by atoms with Crippen LogP contribution in [0.2, 0.25) is 0 Å². The first-order valence-corrected chi connectivity index (χ1v) is 6.81. The molecule has 1 aliphatic carbocycles. The molecule has 1 fully saturated rings. The molecule has 2 atom stereocenters. The van der Waals surface area contributed by atoms with Crippen molar-refractivity contribution in [2.75, 3.05) is 13.1 Å². The number of rotatable bonds is 6. The fourth-order valence-corrected chi connectivity index (χ4v) is 2.38. The highest BCUT2D eigenvalue weighted by molar-refractivity contribution is 5.26. The summed E-state index contributed by atoms with van der Waals surface area (Å²) in [7, 11) is 0. The summed E-state index contributed by atoms with van der Waals surface area (Å²) in [4.78, 5) is 0. The van der Waals surface area contributed by atoms with Gasteiger partial charge in [0.15, 0.2) is 0 Å². The van der Waals surface area contributed by atoms with Gasteiger partial charge < -0.3 is 11.1 Å². The molecule has 2 unspecified atom stereocenters. The molecular formula is C15H23FN2. The highest BCUT2D eigenvalue weighted by atomic mass is 19.1. The second kappa shape index (κ2) is 5.81. The Hall–Kier alpha value is -0.930. The molecular weight excluding hydrogens is 227 g/mol. The zero-order valence-corrected chi connectivity index (χ0v) is 11.2. The first-order valence-electron chi connectivity index (χ1n) is 6.81. The van der Waals surface area contributed by atoms with Gasteiger partial charge in [-0.25, -0.2) is 4.39 Å². The Balaban J connectivity index is 1.96. The van der Waals surface area contributed by atoms with Crippen molar-refractivity contribution in [3.63, 3.8) is 0 Å². The van der Waals surface area contributed by atoms with E-state index >= 15 is 0 Å². The predicted octanol–water partition coefficient (Wildman–Crippen LogP) is 2.77. The molecule has 2 nitrogen and oxygen atoms in total. The minimum atomic E-state index is -0.152. The van der Waals surface area contributed by atoms with Crippen molar-refractivity contribution in [3.05, 3.63) is 35.1 Å². The molecule has 18 heavy (non-hydrogen) atoms. The van der Waals surface area contributed by atoms with Gasteiger partial charge in [0.2, 0.25) is 0 Å². The third-order valence-electron chi connectivity index (χ3n) is 3.93. The van der Waals surface area contributed by atoms with E-state index in [-0.39, 0.29) is 11.9 Å². The molecule has 0 radical (unpaired) electrons. The predicted molar refractivity (Wildman–Crippen MR) is 72.8 cm³/mol. The third-order valence-corrected chi connectivity index (χ3v) is 3.93. The highest BCUT2D eigenvalue weighted by Gasteiger charge is 2.28. The number of nitrogens with two attached hydrogens (primary N) is 1. The van der Waals surface area contributed by atoms with Crippen LogP contribution in [-0.4, -0.2) is 13.1 Å². The lowest BCUT2D eigenvalue weighted by Crippen LogP contribution is -2.32. The summed E-state index contributed by atoms with van der Waals surface area (Å²) in [5.74, 6) is 1.45. The van der Waals surface area contributed by atoms with E-state index in [0.29, 0.717) is 18.0 Å². The number of nitrogens with one attached hydrogen (secondary N) is 1. The van der Waals surface area contributed by atoms with Gasteiger partial charge in [-0.15, -0.1) is 0 Å². The lowest BCUT2D eigenvalue weighted by Gasteiger charge is -2.20. The molecule has 0 bridgehead atoms. The van der Waals surface area contributed by atoms with Gasteiger partial charge in [0.25, 0.3) is 0 Å². The Morgan fingerprint density at radius 3 is 2.72 bits per heavy atom. The Morgan fingerprint density at radius 1 is 1.44 bits per heavy atom. The van der Waals surface area contributed by atoms with Gasteiger partial charge in [0.1, 0.15) is 5.82 Å². The number of benzene rings is 1. The molecule has 1 aromatic rings. The van der Waals surface area contributed by atoms with E-state index in [0.717, 1.165) is 18.0 Å². The minimum Gasteiger partial charge on any atom is -0.329 e. The molecule has 1 aromatic carbocycles. The van der Waals surface area contributed by atoms with Crippen LogP contribution in [0.15, 0.2) is 18.2 Å². The third kappa shape index (κ3) is 3.30. The maximum atomic E-state index is 13.2. The van der Waals surface area contributed by atoms with Crippen molar-refractivity contribution in [1.29, 1.82) is 0 Å². The topological polar surface area (TPSA) is 38.0 Å². The van der Waals surface area contributed by atoms with Crippen LogP contribution in [0, 0.1) is 24.6 Å². The average Bonchev–Trinajstić information content (AvgIpc) is 3.18. The average molecular weight is 250 g/mol.